The molecule has 0 bridgehead atoms. The molecule has 0 amide bonds. The second kappa shape index (κ2) is 6.72. The molecule has 0 aliphatic carbocycles. The molecule has 0 spiro atoms. The molecule has 2 fully saturated rings. The van der Waals surface area contributed by atoms with Crippen molar-refractivity contribution >= 4 is 0 Å². The van der Waals surface area contributed by atoms with E-state index in [1.807, 2.05) is 0 Å². The maximum Gasteiger partial charge on any atom is 0.0613 e. The molecule has 3 nitrogen and oxygen atoms in total. The van der Waals surface area contributed by atoms with Crippen molar-refractivity contribution in [2.75, 3.05) is 39.3 Å². The maximum absolute atomic E-state index is 5.80. The molecule has 2 aliphatic heterocycles. The Kier molecular flexibility index (Phi) is 5.26. The minimum Gasteiger partial charge on any atom is -0.378 e. The highest BCUT2D eigenvalue weighted by molar-refractivity contribution is 4.80. The molecule has 2 heterocycles. The van der Waals surface area contributed by atoms with Gasteiger partial charge in [-0.05, 0) is 50.7 Å². The predicted molar refractivity (Wildman–Crippen MR) is 71.2 cm³/mol. The molecule has 0 aromatic carbocycles. The van der Waals surface area contributed by atoms with Gasteiger partial charge in [-0.2, -0.15) is 0 Å². The predicted octanol–water partition coefficient (Wildman–Crippen LogP) is 1.73. The Morgan fingerprint density at radius 3 is 3.12 bits per heavy atom. The molecule has 2 saturated heterocycles. The van der Waals surface area contributed by atoms with Gasteiger partial charge in [0.25, 0.3) is 0 Å². The van der Waals surface area contributed by atoms with Gasteiger partial charge in [-0.3, -0.25) is 0 Å². The zero-order valence-corrected chi connectivity index (χ0v) is 11.5. The van der Waals surface area contributed by atoms with Crippen LogP contribution in [0.2, 0.25) is 0 Å². The van der Waals surface area contributed by atoms with E-state index in [1.54, 1.807) is 0 Å². The Balaban J connectivity index is 1.82. The summed E-state index contributed by atoms with van der Waals surface area (Å²) < 4.78 is 5.80. The van der Waals surface area contributed by atoms with E-state index in [0.29, 0.717) is 6.10 Å². The van der Waals surface area contributed by atoms with Crippen LogP contribution in [-0.2, 0) is 4.74 Å². The highest BCUT2D eigenvalue weighted by Gasteiger charge is 2.28. The van der Waals surface area contributed by atoms with E-state index in [4.69, 9.17) is 4.74 Å². The van der Waals surface area contributed by atoms with Crippen molar-refractivity contribution in [3.63, 3.8) is 0 Å². The molecule has 17 heavy (non-hydrogen) atoms. The van der Waals surface area contributed by atoms with Crippen molar-refractivity contribution < 1.29 is 4.74 Å². The van der Waals surface area contributed by atoms with Gasteiger partial charge in [0.2, 0.25) is 0 Å². The maximum atomic E-state index is 5.80. The number of rotatable bonds is 3. The summed E-state index contributed by atoms with van der Waals surface area (Å²) in [5.41, 5.74) is 0. The number of hydrogen-bond acceptors (Lipinski definition) is 3. The normalized spacial score (nSPS) is 36.7. The Morgan fingerprint density at radius 2 is 2.29 bits per heavy atom. The number of ether oxygens (including phenoxy) is 1. The van der Waals surface area contributed by atoms with Gasteiger partial charge in [-0.1, -0.05) is 13.8 Å². The van der Waals surface area contributed by atoms with E-state index in [1.165, 1.54) is 52.0 Å². The van der Waals surface area contributed by atoms with Crippen LogP contribution in [0, 0.1) is 11.8 Å². The van der Waals surface area contributed by atoms with Crippen LogP contribution in [0.4, 0.5) is 0 Å². The van der Waals surface area contributed by atoms with Gasteiger partial charge in [-0.15, -0.1) is 0 Å². The van der Waals surface area contributed by atoms with Crippen LogP contribution in [0.15, 0.2) is 0 Å². The van der Waals surface area contributed by atoms with E-state index < -0.39 is 0 Å². The zero-order valence-electron chi connectivity index (χ0n) is 11.5. The van der Waals surface area contributed by atoms with E-state index in [2.05, 4.69) is 24.1 Å². The zero-order chi connectivity index (χ0) is 12.1. The third-order valence-corrected chi connectivity index (χ3v) is 4.13. The summed E-state index contributed by atoms with van der Waals surface area (Å²) >= 11 is 0. The summed E-state index contributed by atoms with van der Waals surface area (Å²) in [6.45, 7) is 11.7. The monoisotopic (exact) mass is 240 g/mol. The van der Waals surface area contributed by atoms with Crippen LogP contribution >= 0.6 is 0 Å². The fraction of sp³-hybridized carbons (Fsp3) is 1.00. The molecule has 3 heteroatoms. The summed E-state index contributed by atoms with van der Waals surface area (Å²) in [4.78, 5) is 2.67. The standard InChI is InChI=1S/C14H28N2O/c1-3-14-13(5-8-17-14)11-16-7-4-6-15-9-12(2)10-16/h12-15H,3-11H2,1-2H3. The van der Waals surface area contributed by atoms with Gasteiger partial charge in [0.1, 0.15) is 0 Å². The highest BCUT2D eigenvalue weighted by Crippen LogP contribution is 2.24. The van der Waals surface area contributed by atoms with Gasteiger partial charge < -0.3 is 15.0 Å². The summed E-state index contributed by atoms with van der Waals surface area (Å²) in [6, 6.07) is 0. The third kappa shape index (κ3) is 3.94. The number of nitrogens with one attached hydrogen (secondary N) is 1. The molecule has 0 radical (unpaired) electrons. The molecule has 2 rings (SSSR count). The van der Waals surface area contributed by atoms with Gasteiger partial charge in [0.05, 0.1) is 6.10 Å². The average molecular weight is 240 g/mol. The molecule has 1 N–H and O–H groups in total. The summed E-state index contributed by atoms with van der Waals surface area (Å²) in [7, 11) is 0. The van der Waals surface area contributed by atoms with Crippen molar-refractivity contribution in [1.82, 2.24) is 10.2 Å². The molecule has 0 aromatic heterocycles. The largest absolute Gasteiger partial charge is 0.378 e. The highest BCUT2D eigenvalue weighted by atomic mass is 16.5. The third-order valence-electron chi connectivity index (χ3n) is 4.13. The lowest BCUT2D eigenvalue weighted by Crippen LogP contribution is -2.42. The lowest BCUT2D eigenvalue weighted by Gasteiger charge is -2.31. The van der Waals surface area contributed by atoms with Crippen LogP contribution in [0.25, 0.3) is 0 Å². The minimum absolute atomic E-state index is 0.522. The van der Waals surface area contributed by atoms with Crippen LogP contribution < -0.4 is 5.32 Å². The molecule has 0 saturated carbocycles. The molecule has 100 valence electrons. The van der Waals surface area contributed by atoms with E-state index in [0.717, 1.165) is 18.4 Å². The summed E-state index contributed by atoms with van der Waals surface area (Å²) in [5, 5.41) is 3.52. The minimum atomic E-state index is 0.522. The van der Waals surface area contributed by atoms with Crippen molar-refractivity contribution in [2.45, 2.75) is 39.2 Å². The first kappa shape index (κ1) is 13.3. The number of nitrogens with zero attached hydrogens (tertiary/aromatic N) is 1. The van der Waals surface area contributed by atoms with Gasteiger partial charge in [0, 0.05) is 19.7 Å². The fourth-order valence-electron chi connectivity index (χ4n) is 3.22. The molecular weight excluding hydrogens is 212 g/mol. The smallest absolute Gasteiger partial charge is 0.0613 e. The van der Waals surface area contributed by atoms with Crippen molar-refractivity contribution in [1.29, 1.82) is 0 Å². The molecule has 2 aliphatic rings. The fourth-order valence-corrected chi connectivity index (χ4v) is 3.22. The Labute approximate surface area is 106 Å². The first-order valence-corrected chi connectivity index (χ1v) is 7.34. The van der Waals surface area contributed by atoms with Crippen LogP contribution in [-0.4, -0.2) is 50.3 Å². The number of hydrogen-bond donors (Lipinski definition) is 1. The first-order chi connectivity index (χ1) is 8.29. The second-order valence-corrected chi connectivity index (χ2v) is 5.79. The van der Waals surface area contributed by atoms with Crippen LogP contribution in [0.1, 0.15) is 33.1 Å². The molecular formula is C14H28N2O. The SMILES string of the molecule is CCC1OCCC1CN1CCCNCC(C)C1. The van der Waals surface area contributed by atoms with Gasteiger partial charge in [-0.25, -0.2) is 0 Å². The second-order valence-electron chi connectivity index (χ2n) is 5.79. The quantitative estimate of drug-likeness (QED) is 0.813. The topological polar surface area (TPSA) is 24.5 Å². The lowest BCUT2D eigenvalue weighted by molar-refractivity contribution is 0.0721. The Morgan fingerprint density at radius 1 is 1.41 bits per heavy atom. The average Bonchev–Trinajstić information content (AvgIpc) is 2.72. The van der Waals surface area contributed by atoms with Crippen molar-refractivity contribution in [3.05, 3.63) is 0 Å². The Bertz CT molecular complexity index is 222. The summed E-state index contributed by atoms with van der Waals surface area (Å²) in [5.74, 6) is 1.55. The molecule has 0 aromatic rings. The van der Waals surface area contributed by atoms with Crippen molar-refractivity contribution in [2.24, 2.45) is 11.8 Å². The van der Waals surface area contributed by atoms with E-state index >= 15 is 0 Å². The van der Waals surface area contributed by atoms with Gasteiger partial charge >= 0.3 is 0 Å². The Hall–Kier alpha value is -0.120. The molecule has 3 atom stereocenters. The first-order valence-electron chi connectivity index (χ1n) is 7.34. The summed E-state index contributed by atoms with van der Waals surface area (Å²) in [6.07, 6.45) is 4.25. The van der Waals surface area contributed by atoms with Crippen LogP contribution in [0.3, 0.4) is 0 Å². The van der Waals surface area contributed by atoms with E-state index in [9.17, 15) is 0 Å². The van der Waals surface area contributed by atoms with Gasteiger partial charge in [0.15, 0.2) is 0 Å². The van der Waals surface area contributed by atoms with E-state index in [-0.39, 0.29) is 0 Å². The molecule has 3 unspecified atom stereocenters. The van der Waals surface area contributed by atoms with Crippen LogP contribution in [0.5, 0.6) is 0 Å². The lowest BCUT2D eigenvalue weighted by atomic mass is 9.98. The van der Waals surface area contributed by atoms with Crippen molar-refractivity contribution in [3.8, 4) is 0 Å².